The van der Waals surface area contributed by atoms with Crippen molar-refractivity contribution >= 4 is 5.97 Å². The van der Waals surface area contributed by atoms with Gasteiger partial charge in [0.25, 0.3) is 0 Å². The first-order valence-corrected chi connectivity index (χ1v) is 5.38. The standard InChI is InChI=1S/C11H18O2/c1-8-9(2)13-10(12)11(8)6-4-3-5-7-11/h8-9H,3-7H2,1-2H3/t8-,9+/m1/s1. The minimum absolute atomic E-state index is 0.0761. The zero-order valence-corrected chi connectivity index (χ0v) is 8.51. The van der Waals surface area contributed by atoms with Crippen LogP contribution in [0.3, 0.4) is 0 Å². The molecular formula is C11H18O2. The molecule has 2 heteroatoms. The Balaban J connectivity index is 2.23. The molecule has 0 aromatic carbocycles. The summed E-state index contributed by atoms with van der Waals surface area (Å²) >= 11 is 0. The lowest BCUT2D eigenvalue weighted by Gasteiger charge is -2.33. The summed E-state index contributed by atoms with van der Waals surface area (Å²) in [6, 6.07) is 0. The topological polar surface area (TPSA) is 26.3 Å². The predicted molar refractivity (Wildman–Crippen MR) is 50.2 cm³/mol. The summed E-state index contributed by atoms with van der Waals surface area (Å²) in [6.45, 7) is 4.19. The van der Waals surface area contributed by atoms with Gasteiger partial charge >= 0.3 is 5.97 Å². The molecule has 2 aliphatic rings. The minimum atomic E-state index is -0.0995. The minimum Gasteiger partial charge on any atom is -0.462 e. The summed E-state index contributed by atoms with van der Waals surface area (Å²) in [4.78, 5) is 11.7. The molecule has 1 heterocycles. The number of hydrogen-bond acceptors (Lipinski definition) is 2. The molecule has 1 aliphatic carbocycles. The van der Waals surface area contributed by atoms with Crippen molar-refractivity contribution in [1.29, 1.82) is 0 Å². The molecule has 0 radical (unpaired) electrons. The number of ether oxygens (including phenoxy) is 1. The Morgan fingerprint density at radius 1 is 1.23 bits per heavy atom. The fraction of sp³-hybridized carbons (Fsp3) is 0.909. The van der Waals surface area contributed by atoms with Crippen LogP contribution < -0.4 is 0 Å². The Morgan fingerprint density at radius 2 is 1.85 bits per heavy atom. The average molecular weight is 182 g/mol. The van der Waals surface area contributed by atoms with Crippen LogP contribution in [-0.4, -0.2) is 12.1 Å². The molecule has 0 aromatic heterocycles. The molecule has 1 saturated heterocycles. The zero-order valence-electron chi connectivity index (χ0n) is 8.51. The first-order chi connectivity index (χ1) is 6.17. The molecule has 1 spiro atoms. The van der Waals surface area contributed by atoms with E-state index in [4.69, 9.17) is 4.74 Å². The molecule has 0 N–H and O–H groups in total. The third kappa shape index (κ3) is 1.18. The zero-order chi connectivity index (χ0) is 9.47. The highest BCUT2D eigenvalue weighted by atomic mass is 16.6. The Morgan fingerprint density at radius 3 is 2.31 bits per heavy atom. The van der Waals surface area contributed by atoms with E-state index in [0.717, 1.165) is 12.8 Å². The van der Waals surface area contributed by atoms with Gasteiger partial charge in [-0.2, -0.15) is 0 Å². The van der Waals surface area contributed by atoms with E-state index >= 15 is 0 Å². The van der Waals surface area contributed by atoms with E-state index in [2.05, 4.69) is 6.92 Å². The molecule has 0 aromatic rings. The van der Waals surface area contributed by atoms with Gasteiger partial charge < -0.3 is 4.74 Å². The maximum absolute atomic E-state index is 11.7. The molecule has 0 unspecified atom stereocenters. The number of hydrogen-bond donors (Lipinski definition) is 0. The highest BCUT2D eigenvalue weighted by Gasteiger charge is 2.53. The lowest BCUT2D eigenvalue weighted by Crippen LogP contribution is -2.34. The number of esters is 1. The summed E-state index contributed by atoms with van der Waals surface area (Å²) in [5.74, 6) is 0.493. The molecule has 13 heavy (non-hydrogen) atoms. The maximum Gasteiger partial charge on any atom is 0.312 e. The van der Waals surface area contributed by atoms with Gasteiger partial charge in [-0.3, -0.25) is 4.79 Å². The molecule has 74 valence electrons. The number of cyclic esters (lactones) is 1. The average Bonchev–Trinajstić information content (AvgIpc) is 2.34. The van der Waals surface area contributed by atoms with Crippen molar-refractivity contribution in [3.63, 3.8) is 0 Å². The van der Waals surface area contributed by atoms with Crippen molar-refractivity contribution in [2.24, 2.45) is 11.3 Å². The monoisotopic (exact) mass is 182 g/mol. The van der Waals surface area contributed by atoms with Gasteiger partial charge in [-0.05, 0) is 19.8 Å². The van der Waals surface area contributed by atoms with Crippen LogP contribution in [0.25, 0.3) is 0 Å². The van der Waals surface area contributed by atoms with Crippen LogP contribution >= 0.6 is 0 Å². The van der Waals surface area contributed by atoms with Gasteiger partial charge in [0.1, 0.15) is 6.10 Å². The molecule has 2 rings (SSSR count). The van der Waals surface area contributed by atoms with E-state index in [1.165, 1.54) is 19.3 Å². The van der Waals surface area contributed by atoms with Gasteiger partial charge in [-0.1, -0.05) is 26.2 Å². The van der Waals surface area contributed by atoms with E-state index in [1.54, 1.807) is 0 Å². The number of carbonyl (C=O) groups is 1. The first-order valence-electron chi connectivity index (χ1n) is 5.38. The number of carbonyl (C=O) groups excluding carboxylic acids is 1. The van der Waals surface area contributed by atoms with Crippen LogP contribution in [0.4, 0.5) is 0 Å². The fourth-order valence-corrected chi connectivity index (χ4v) is 2.87. The number of rotatable bonds is 0. The molecule has 0 amide bonds. The lowest BCUT2D eigenvalue weighted by molar-refractivity contribution is -0.149. The summed E-state index contributed by atoms with van der Waals surface area (Å²) in [7, 11) is 0. The van der Waals surface area contributed by atoms with Gasteiger partial charge in [-0.15, -0.1) is 0 Å². The molecule has 1 saturated carbocycles. The molecule has 2 nitrogen and oxygen atoms in total. The van der Waals surface area contributed by atoms with Crippen LogP contribution in [0.5, 0.6) is 0 Å². The van der Waals surface area contributed by atoms with Gasteiger partial charge in [0, 0.05) is 5.92 Å². The first kappa shape index (κ1) is 9.04. The van der Waals surface area contributed by atoms with Crippen molar-refractivity contribution in [1.82, 2.24) is 0 Å². The van der Waals surface area contributed by atoms with Gasteiger partial charge in [0.05, 0.1) is 5.41 Å². The Kier molecular flexibility index (Phi) is 2.09. The summed E-state index contributed by atoms with van der Waals surface area (Å²) in [5, 5.41) is 0. The van der Waals surface area contributed by atoms with Crippen molar-refractivity contribution in [2.75, 3.05) is 0 Å². The summed E-state index contributed by atoms with van der Waals surface area (Å²) in [5.41, 5.74) is -0.0995. The van der Waals surface area contributed by atoms with Gasteiger partial charge in [-0.25, -0.2) is 0 Å². The fourth-order valence-electron chi connectivity index (χ4n) is 2.87. The van der Waals surface area contributed by atoms with Crippen LogP contribution in [0.2, 0.25) is 0 Å². The molecule has 2 fully saturated rings. The van der Waals surface area contributed by atoms with Crippen LogP contribution in [0.15, 0.2) is 0 Å². The van der Waals surface area contributed by atoms with E-state index in [1.807, 2.05) is 6.92 Å². The highest BCUT2D eigenvalue weighted by molar-refractivity contribution is 5.79. The largest absolute Gasteiger partial charge is 0.462 e. The normalized spacial score (nSPS) is 37.8. The van der Waals surface area contributed by atoms with E-state index in [0.29, 0.717) is 5.92 Å². The third-order valence-electron chi connectivity index (χ3n) is 4.02. The smallest absolute Gasteiger partial charge is 0.312 e. The SMILES string of the molecule is C[C@@H]1OC(=O)C2(CCCCC2)[C@@H]1C. The molecule has 2 atom stereocenters. The summed E-state index contributed by atoms with van der Waals surface area (Å²) < 4.78 is 5.33. The van der Waals surface area contributed by atoms with Crippen molar-refractivity contribution in [3.05, 3.63) is 0 Å². The highest BCUT2D eigenvalue weighted by Crippen LogP contribution is 2.49. The molecule has 0 bridgehead atoms. The van der Waals surface area contributed by atoms with E-state index in [9.17, 15) is 4.79 Å². The molecule has 1 aliphatic heterocycles. The van der Waals surface area contributed by atoms with E-state index < -0.39 is 0 Å². The maximum atomic E-state index is 11.7. The predicted octanol–water partition coefficient (Wildman–Crippen LogP) is 2.52. The second-order valence-electron chi connectivity index (χ2n) is 4.62. The van der Waals surface area contributed by atoms with Crippen LogP contribution in [-0.2, 0) is 9.53 Å². The Labute approximate surface area is 79.7 Å². The van der Waals surface area contributed by atoms with Crippen LogP contribution in [0.1, 0.15) is 46.0 Å². The third-order valence-corrected chi connectivity index (χ3v) is 4.02. The van der Waals surface area contributed by atoms with Gasteiger partial charge in [0.2, 0.25) is 0 Å². The molecular weight excluding hydrogens is 164 g/mol. The Hall–Kier alpha value is -0.530. The second kappa shape index (κ2) is 3.00. The Bertz CT molecular complexity index is 216. The van der Waals surface area contributed by atoms with Gasteiger partial charge in [0.15, 0.2) is 0 Å². The second-order valence-corrected chi connectivity index (χ2v) is 4.62. The quantitative estimate of drug-likeness (QED) is 0.538. The lowest BCUT2D eigenvalue weighted by atomic mass is 9.67. The van der Waals surface area contributed by atoms with Crippen molar-refractivity contribution in [2.45, 2.75) is 52.1 Å². The summed E-state index contributed by atoms with van der Waals surface area (Å²) in [6.07, 6.45) is 5.92. The van der Waals surface area contributed by atoms with Crippen LogP contribution in [0, 0.1) is 11.3 Å². The van der Waals surface area contributed by atoms with Crippen molar-refractivity contribution < 1.29 is 9.53 Å². The van der Waals surface area contributed by atoms with Crippen molar-refractivity contribution in [3.8, 4) is 0 Å². The van der Waals surface area contributed by atoms with E-state index in [-0.39, 0.29) is 17.5 Å².